The van der Waals surface area contributed by atoms with Gasteiger partial charge in [0.1, 0.15) is 0 Å². The molecule has 3 nitrogen and oxygen atoms in total. The van der Waals surface area contributed by atoms with E-state index in [1.165, 1.54) is 0 Å². The van der Waals surface area contributed by atoms with Crippen LogP contribution in [-0.2, 0) is 9.53 Å². The molecule has 14 heavy (non-hydrogen) atoms. The molecule has 4 heteroatoms. The minimum atomic E-state index is -0.214. The minimum absolute atomic E-state index is 0.121. The van der Waals surface area contributed by atoms with Gasteiger partial charge < -0.3 is 9.64 Å². The summed E-state index contributed by atoms with van der Waals surface area (Å²) in [5, 5.41) is -0.214. The molecule has 0 aromatic carbocycles. The predicted octanol–water partition coefficient (Wildman–Crippen LogP) is 1.33. The van der Waals surface area contributed by atoms with Crippen LogP contribution in [0.15, 0.2) is 0 Å². The second kappa shape index (κ2) is 5.03. The fourth-order valence-electron chi connectivity index (χ4n) is 1.69. The normalized spacial score (nSPS) is 30.1. The van der Waals surface area contributed by atoms with Crippen LogP contribution in [0.1, 0.15) is 27.2 Å². The van der Waals surface area contributed by atoms with E-state index in [1.807, 2.05) is 18.7 Å². The highest BCUT2D eigenvalue weighted by molar-refractivity contribution is 7.81. The predicted molar refractivity (Wildman–Crippen MR) is 59.7 cm³/mol. The molecule has 0 aliphatic carbocycles. The molecule has 0 aromatic heterocycles. The van der Waals surface area contributed by atoms with Crippen LogP contribution in [0, 0.1) is 0 Å². The zero-order chi connectivity index (χ0) is 10.7. The van der Waals surface area contributed by atoms with Gasteiger partial charge >= 0.3 is 0 Å². The number of thiol groups is 1. The smallest absolute Gasteiger partial charge is 0.235 e. The van der Waals surface area contributed by atoms with Crippen molar-refractivity contribution < 1.29 is 9.53 Å². The summed E-state index contributed by atoms with van der Waals surface area (Å²) in [5.74, 6) is 0.121. The van der Waals surface area contributed by atoms with Crippen molar-refractivity contribution in [2.75, 3.05) is 13.2 Å². The lowest BCUT2D eigenvalue weighted by molar-refractivity contribution is -0.143. The van der Waals surface area contributed by atoms with Crippen molar-refractivity contribution in [1.29, 1.82) is 0 Å². The average molecular weight is 217 g/mol. The molecule has 0 saturated carbocycles. The highest BCUT2D eigenvalue weighted by Gasteiger charge is 2.30. The molecule has 0 N–H and O–H groups in total. The zero-order valence-electron chi connectivity index (χ0n) is 9.06. The first-order chi connectivity index (χ1) is 6.56. The Kier molecular flexibility index (Phi) is 4.26. The highest BCUT2D eigenvalue weighted by Crippen LogP contribution is 2.16. The number of carbonyl (C=O) groups is 1. The maximum absolute atomic E-state index is 11.8. The number of nitrogens with zero attached hydrogens (tertiary/aromatic N) is 1. The molecule has 3 atom stereocenters. The number of rotatable bonds is 2. The molecular weight excluding hydrogens is 198 g/mol. The molecule has 0 spiro atoms. The molecule has 82 valence electrons. The van der Waals surface area contributed by atoms with Crippen molar-refractivity contribution >= 4 is 18.5 Å². The lowest BCUT2D eigenvalue weighted by Gasteiger charge is -2.39. The maximum atomic E-state index is 11.8. The Morgan fingerprint density at radius 3 is 2.86 bits per heavy atom. The topological polar surface area (TPSA) is 29.5 Å². The SMILES string of the molecule is CCC1COC(C)CN1C(=O)C(C)S. The summed E-state index contributed by atoms with van der Waals surface area (Å²) in [7, 11) is 0. The molecule has 1 heterocycles. The van der Waals surface area contributed by atoms with Gasteiger partial charge in [0.15, 0.2) is 0 Å². The number of ether oxygens (including phenoxy) is 1. The lowest BCUT2D eigenvalue weighted by atomic mass is 10.1. The van der Waals surface area contributed by atoms with Gasteiger partial charge in [-0.1, -0.05) is 6.92 Å². The summed E-state index contributed by atoms with van der Waals surface area (Å²) in [6, 6.07) is 0.230. The third-order valence-corrected chi connectivity index (χ3v) is 2.80. The Bertz CT molecular complexity index is 208. The van der Waals surface area contributed by atoms with E-state index in [9.17, 15) is 4.79 Å². The van der Waals surface area contributed by atoms with Gasteiger partial charge in [0.05, 0.1) is 24.0 Å². The second-order valence-corrected chi connectivity index (χ2v) is 4.65. The zero-order valence-corrected chi connectivity index (χ0v) is 9.96. The number of carbonyl (C=O) groups excluding carboxylic acids is 1. The standard InChI is InChI=1S/C10H19NO2S/c1-4-9-6-13-7(2)5-11(9)10(12)8(3)14/h7-9,14H,4-6H2,1-3H3. The monoisotopic (exact) mass is 217 g/mol. The van der Waals surface area contributed by atoms with Crippen molar-refractivity contribution in [2.45, 2.75) is 44.6 Å². The van der Waals surface area contributed by atoms with Crippen molar-refractivity contribution in [3.8, 4) is 0 Å². The second-order valence-electron chi connectivity index (χ2n) is 3.87. The van der Waals surface area contributed by atoms with Gasteiger partial charge in [0.25, 0.3) is 0 Å². The van der Waals surface area contributed by atoms with Gasteiger partial charge in [-0.3, -0.25) is 4.79 Å². The van der Waals surface area contributed by atoms with Gasteiger partial charge in [0.2, 0.25) is 5.91 Å². The molecule has 1 fully saturated rings. The minimum Gasteiger partial charge on any atom is -0.375 e. The summed E-state index contributed by atoms with van der Waals surface area (Å²) in [6.07, 6.45) is 1.09. The Balaban J connectivity index is 2.65. The van der Waals surface area contributed by atoms with Crippen LogP contribution in [0.2, 0.25) is 0 Å². The summed E-state index contributed by atoms with van der Waals surface area (Å²) in [4.78, 5) is 13.7. The molecule has 0 bridgehead atoms. The third-order valence-electron chi connectivity index (χ3n) is 2.58. The fourth-order valence-corrected chi connectivity index (χ4v) is 1.84. The highest BCUT2D eigenvalue weighted by atomic mass is 32.1. The molecule has 1 rings (SSSR count). The first kappa shape index (κ1) is 11.9. The Labute approximate surface area is 91.2 Å². The fraction of sp³-hybridized carbons (Fsp3) is 0.900. The van der Waals surface area contributed by atoms with Crippen LogP contribution in [-0.4, -0.2) is 41.4 Å². The third kappa shape index (κ3) is 2.64. The van der Waals surface area contributed by atoms with Crippen LogP contribution in [0.4, 0.5) is 0 Å². The van der Waals surface area contributed by atoms with Gasteiger partial charge in [-0.15, -0.1) is 0 Å². The lowest BCUT2D eigenvalue weighted by Crippen LogP contribution is -2.53. The molecule has 0 radical (unpaired) electrons. The number of hydrogen-bond donors (Lipinski definition) is 1. The molecule has 1 amide bonds. The van der Waals surface area contributed by atoms with Crippen LogP contribution in [0.25, 0.3) is 0 Å². The number of morpholine rings is 1. The largest absolute Gasteiger partial charge is 0.375 e. The van der Waals surface area contributed by atoms with E-state index in [1.54, 1.807) is 0 Å². The Hall–Kier alpha value is -0.220. The molecular formula is C10H19NO2S. The summed E-state index contributed by atoms with van der Waals surface area (Å²) < 4.78 is 5.52. The Morgan fingerprint density at radius 1 is 1.71 bits per heavy atom. The van der Waals surface area contributed by atoms with Crippen molar-refractivity contribution in [3.05, 3.63) is 0 Å². The van der Waals surface area contributed by atoms with E-state index in [4.69, 9.17) is 4.74 Å². The number of hydrogen-bond acceptors (Lipinski definition) is 3. The maximum Gasteiger partial charge on any atom is 0.235 e. The van der Waals surface area contributed by atoms with Crippen LogP contribution in [0.3, 0.4) is 0 Å². The number of amides is 1. The first-order valence-corrected chi connectivity index (χ1v) is 5.68. The summed E-state index contributed by atoms with van der Waals surface area (Å²) in [5.41, 5.74) is 0. The van der Waals surface area contributed by atoms with E-state index < -0.39 is 0 Å². The van der Waals surface area contributed by atoms with Crippen molar-refractivity contribution in [2.24, 2.45) is 0 Å². The van der Waals surface area contributed by atoms with E-state index in [2.05, 4.69) is 19.6 Å². The van der Waals surface area contributed by atoms with Crippen LogP contribution < -0.4 is 0 Å². The van der Waals surface area contributed by atoms with Crippen molar-refractivity contribution in [1.82, 2.24) is 4.90 Å². The van der Waals surface area contributed by atoms with E-state index in [0.717, 1.165) is 6.42 Å². The van der Waals surface area contributed by atoms with Gasteiger partial charge in [-0.2, -0.15) is 12.6 Å². The molecule has 1 aliphatic rings. The molecule has 0 aromatic rings. The van der Waals surface area contributed by atoms with E-state index >= 15 is 0 Å². The van der Waals surface area contributed by atoms with E-state index in [0.29, 0.717) is 13.2 Å². The average Bonchev–Trinajstić information content (AvgIpc) is 2.16. The van der Waals surface area contributed by atoms with Crippen molar-refractivity contribution in [3.63, 3.8) is 0 Å². The summed E-state index contributed by atoms with van der Waals surface area (Å²) in [6.45, 7) is 7.24. The Morgan fingerprint density at radius 2 is 2.36 bits per heavy atom. The van der Waals surface area contributed by atoms with Gasteiger partial charge in [0, 0.05) is 6.54 Å². The quantitative estimate of drug-likeness (QED) is 0.707. The first-order valence-electron chi connectivity index (χ1n) is 5.16. The van der Waals surface area contributed by atoms with Gasteiger partial charge in [-0.25, -0.2) is 0 Å². The van der Waals surface area contributed by atoms with Crippen LogP contribution in [0.5, 0.6) is 0 Å². The molecule has 3 unspecified atom stereocenters. The van der Waals surface area contributed by atoms with Gasteiger partial charge in [-0.05, 0) is 20.3 Å². The molecule has 1 aliphatic heterocycles. The van der Waals surface area contributed by atoms with Crippen LogP contribution >= 0.6 is 12.6 Å². The van der Waals surface area contributed by atoms with E-state index in [-0.39, 0.29) is 23.3 Å². The molecule has 1 saturated heterocycles. The summed E-state index contributed by atoms with van der Waals surface area (Å²) >= 11 is 4.18.